The normalized spacial score (nSPS) is 11.9. The van der Waals surface area contributed by atoms with Crippen LogP contribution in [-0.4, -0.2) is 29.6 Å². The Balaban J connectivity index is 2.07. The molecule has 0 aromatic heterocycles. The Bertz CT molecular complexity index is 1060. The van der Waals surface area contributed by atoms with Gasteiger partial charge >= 0.3 is 26.3 Å². The molecule has 0 saturated heterocycles. The second kappa shape index (κ2) is 11.4. The molecule has 0 amide bonds. The van der Waals surface area contributed by atoms with E-state index in [2.05, 4.69) is 0 Å². The van der Waals surface area contributed by atoms with Crippen LogP contribution in [0.25, 0.3) is 0 Å². The average Bonchev–Trinajstić information content (AvgIpc) is 2.84. The van der Waals surface area contributed by atoms with Gasteiger partial charge in [0, 0.05) is 4.90 Å². The van der Waals surface area contributed by atoms with Crippen molar-refractivity contribution in [2.75, 3.05) is 13.7 Å². The zero-order valence-corrected chi connectivity index (χ0v) is 19.6. The molecule has 0 N–H and O–H groups in total. The molecule has 11 heteroatoms. The van der Waals surface area contributed by atoms with Gasteiger partial charge in [0.1, 0.15) is 18.0 Å². The van der Waals surface area contributed by atoms with Crippen LogP contribution in [0.2, 0.25) is 0 Å². The summed E-state index contributed by atoms with van der Waals surface area (Å²) in [5, 5.41) is 0. The summed E-state index contributed by atoms with van der Waals surface area (Å²) in [5.41, 5.74) is -2.96. The van der Waals surface area contributed by atoms with E-state index >= 15 is 0 Å². The zero-order valence-electron chi connectivity index (χ0n) is 17.8. The summed E-state index contributed by atoms with van der Waals surface area (Å²) in [6, 6.07) is 21.1. The summed E-state index contributed by atoms with van der Waals surface area (Å²) in [6.07, 6.45) is -4.57. The number of ether oxygens (including phenoxy) is 3. The average molecular weight is 510 g/mol. The molecule has 1 atom stereocenters. The molecule has 0 aliphatic heterocycles. The van der Waals surface area contributed by atoms with Crippen LogP contribution >= 0.6 is 20.4 Å². The van der Waals surface area contributed by atoms with Gasteiger partial charge in [0.05, 0.1) is 12.7 Å². The Morgan fingerprint density at radius 3 is 1.94 bits per heavy atom. The second-order valence-electron chi connectivity index (χ2n) is 6.74. The van der Waals surface area contributed by atoms with Crippen molar-refractivity contribution >= 4 is 26.4 Å². The maximum absolute atomic E-state index is 13.3. The maximum atomic E-state index is 13.3. The van der Waals surface area contributed by atoms with Crippen LogP contribution in [0.5, 0.6) is 11.5 Å². The summed E-state index contributed by atoms with van der Waals surface area (Å²) < 4.78 is 70.3. The quantitative estimate of drug-likeness (QED) is 0.144. The molecule has 0 spiro atoms. The minimum absolute atomic E-state index is 0.120. The minimum Gasteiger partial charge on any atom is -0.468 e. The molecule has 0 radical (unpaired) electrons. The number of rotatable bonds is 10. The molecule has 3 aromatic carbocycles. The molecule has 0 bridgehead atoms. The van der Waals surface area contributed by atoms with Gasteiger partial charge in [0.2, 0.25) is 0 Å². The summed E-state index contributed by atoms with van der Waals surface area (Å²) in [4.78, 5) is 12.4. The zero-order chi connectivity index (χ0) is 24.6. The number of hydrogen-bond acceptors (Lipinski definition) is 7. The van der Waals surface area contributed by atoms with Crippen LogP contribution in [0.15, 0.2) is 89.8 Å². The van der Waals surface area contributed by atoms with Gasteiger partial charge in [-0.25, -0.2) is 0 Å². The van der Waals surface area contributed by atoms with E-state index in [-0.39, 0.29) is 16.4 Å². The van der Waals surface area contributed by atoms with Crippen molar-refractivity contribution in [2.45, 2.75) is 16.7 Å². The van der Waals surface area contributed by atoms with Crippen LogP contribution in [0, 0.1) is 0 Å². The lowest BCUT2D eigenvalue weighted by Gasteiger charge is -2.31. The Hall–Kier alpha value is -3.07. The van der Waals surface area contributed by atoms with Gasteiger partial charge in [-0.1, -0.05) is 47.0 Å². The lowest BCUT2D eigenvalue weighted by molar-refractivity contribution is -0.151. The third-order valence-corrected chi connectivity index (χ3v) is 6.28. The van der Waals surface area contributed by atoms with E-state index in [4.69, 9.17) is 14.2 Å². The first kappa shape index (κ1) is 25.6. The Morgan fingerprint density at radius 1 is 0.912 bits per heavy atom. The van der Waals surface area contributed by atoms with Crippen molar-refractivity contribution in [1.82, 2.24) is 4.31 Å². The predicted molar refractivity (Wildman–Crippen MR) is 122 cm³/mol. The lowest BCUT2D eigenvalue weighted by atomic mass is 10.2. The third-order valence-electron chi connectivity index (χ3n) is 4.33. The Kier molecular flexibility index (Phi) is 8.55. The molecule has 0 aliphatic rings. The molecule has 3 aromatic rings. The highest BCUT2D eigenvalue weighted by atomic mass is 32.2. The first-order chi connectivity index (χ1) is 16.3. The van der Waals surface area contributed by atoms with E-state index in [1.54, 1.807) is 60.7 Å². The molecular weight excluding hydrogens is 490 g/mol. The van der Waals surface area contributed by atoms with Gasteiger partial charge < -0.3 is 14.2 Å². The summed E-state index contributed by atoms with van der Waals surface area (Å²) in [5.74, 6) is -0.210. The number of hydrogen-bond donors (Lipinski definition) is 0. The van der Waals surface area contributed by atoms with Crippen LogP contribution in [0.4, 0.5) is 13.2 Å². The van der Waals surface area contributed by atoms with E-state index in [0.717, 1.165) is 35.5 Å². The molecular formula is C23H20F3NO5PS+. The maximum Gasteiger partial charge on any atom is 0.535 e. The van der Waals surface area contributed by atoms with E-state index in [0.29, 0.717) is 0 Å². The topological polar surface area (TPSA) is 65.1 Å². The molecule has 34 heavy (non-hydrogen) atoms. The van der Waals surface area contributed by atoms with Crippen molar-refractivity contribution in [2.24, 2.45) is 0 Å². The third kappa shape index (κ3) is 6.72. The van der Waals surface area contributed by atoms with Crippen LogP contribution in [-0.2, 0) is 20.3 Å². The minimum atomic E-state index is -4.57. The predicted octanol–water partition coefficient (Wildman–Crippen LogP) is 5.98. The van der Waals surface area contributed by atoms with Crippen LogP contribution in [0.3, 0.4) is 0 Å². The number of benzene rings is 3. The molecule has 1 unspecified atom stereocenters. The van der Waals surface area contributed by atoms with Gasteiger partial charge in [-0.3, -0.25) is 4.79 Å². The summed E-state index contributed by atoms with van der Waals surface area (Å²) in [6.45, 7) is -0.508. The summed E-state index contributed by atoms with van der Waals surface area (Å²) >= 11 is 0.722. The summed E-state index contributed by atoms with van der Waals surface area (Å²) in [7, 11) is -0.170. The van der Waals surface area contributed by atoms with Gasteiger partial charge in [-0.2, -0.15) is 13.2 Å². The van der Waals surface area contributed by atoms with Crippen molar-refractivity contribution in [1.29, 1.82) is 0 Å². The highest BCUT2D eigenvalue weighted by Crippen LogP contribution is 2.41. The van der Waals surface area contributed by atoms with Gasteiger partial charge in [-0.15, -0.1) is 4.31 Å². The van der Waals surface area contributed by atoms with Crippen LogP contribution in [0.1, 0.15) is 5.56 Å². The van der Waals surface area contributed by atoms with E-state index in [1.165, 1.54) is 12.1 Å². The van der Waals surface area contributed by atoms with Crippen molar-refractivity contribution in [3.05, 3.63) is 90.5 Å². The van der Waals surface area contributed by atoms with Crippen molar-refractivity contribution < 1.29 is 36.7 Å². The van der Waals surface area contributed by atoms with E-state index in [9.17, 15) is 22.5 Å². The SMILES string of the molecule is COC(=O)CN(Sc1cccc(C(F)(F)F)c1)C(Oc1ccccc1)(Oc1ccccc1)[PH+]=O. The second-order valence-corrected chi connectivity index (χ2v) is 8.67. The number of carbonyl (C=O) groups excluding carboxylic acids is 1. The van der Waals surface area contributed by atoms with E-state index < -0.39 is 38.4 Å². The van der Waals surface area contributed by atoms with Crippen molar-refractivity contribution in [3.8, 4) is 11.5 Å². The number of carbonyl (C=O) groups is 1. The number of methoxy groups -OCH3 is 1. The number of para-hydroxylation sites is 2. The largest absolute Gasteiger partial charge is 0.535 e. The Morgan fingerprint density at radius 2 is 1.47 bits per heavy atom. The number of esters is 1. The number of nitrogens with zero attached hydrogens (tertiary/aromatic N) is 1. The first-order valence-corrected chi connectivity index (χ1v) is 11.5. The fourth-order valence-electron chi connectivity index (χ4n) is 2.75. The van der Waals surface area contributed by atoms with Gasteiger partial charge in [0.25, 0.3) is 0 Å². The number of halogens is 3. The fourth-order valence-corrected chi connectivity index (χ4v) is 4.43. The molecule has 0 fully saturated rings. The van der Waals surface area contributed by atoms with Gasteiger partial charge in [-0.05, 0) is 54.4 Å². The molecule has 6 nitrogen and oxygen atoms in total. The van der Waals surface area contributed by atoms with Crippen molar-refractivity contribution in [3.63, 3.8) is 0 Å². The molecule has 178 valence electrons. The first-order valence-electron chi connectivity index (χ1n) is 9.83. The van der Waals surface area contributed by atoms with E-state index in [1.807, 2.05) is 0 Å². The highest BCUT2D eigenvalue weighted by molar-refractivity contribution is 7.97. The smallest absolute Gasteiger partial charge is 0.468 e. The standard InChI is InChI=1S/C23H19F3NO5PS/c1-30-21(28)16-27(34-20-14-8-9-17(15-20)22(24,25)26)23(33-29,31-18-10-4-2-5-11-18)32-19-12-6-3-7-13-19/h2-15H,16H2,1H3/p+1. The van der Waals surface area contributed by atoms with Crippen LogP contribution < -0.4 is 9.47 Å². The molecule has 0 aliphatic carbocycles. The lowest BCUT2D eigenvalue weighted by Crippen LogP contribution is -2.52. The monoisotopic (exact) mass is 510 g/mol. The molecule has 0 saturated carbocycles. The Labute approximate surface area is 200 Å². The fraction of sp³-hybridized carbons (Fsp3) is 0.174. The number of alkyl halides is 3. The van der Waals surface area contributed by atoms with Gasteiger partial charge in [0.15, 0.2) is 0 Å². The molecule has 3 rings (SSSR count). The highest BCUT2D eigenvalue weighted by Gasteiger charge is 2.54. The molecule has 0 heterocycles.